The summed E-state index contributed by atoms with van der Waals surface area (Å²) in [6, 6.07) is 7.59. The summed E-state index contributed by atoms with van der Waals surface area (Å²) in [5.74, 6) is -0.599. The molecule has 5 nitrogen and oxygen atoms in total. The standard InChI is InChI=1S/C16H20N2O3/c19-15(20)8-13(10-5-6-10)18-16(21)14-7-11-3-1-2-4-12(11)9-17-14/h1-4,10,13-14,17H,5-9H2,(H,18,21)(H,19,20)/t13?,14-/m0/s1. The predicted molar refractivity (Wildman–Crippen MR) is 77.7 cm³/mol. The van der Waals surface area contributed by atoms with Crippen LogP contribution in [0, 0.1) is 5.92 Å². The number of aliphatic carboxylic acids is 1. The van der Waals surface area contributed by atoms with Crippen LogP contribution < -0.4 is 10.6 Å². The Morgan fingerprint density at radius 2 is 2.00 bits per heavy atom. The lowest BCUT2D eigenvalue weighted by Gasteiger charge is -2.27. The zero-order valence-corrected chi connectivity index (χ0v) is 11.8. The first kappa shape index (κ1) is 14.1. The number of benzene rings is 1. The summed E-state index contributed by atoms with van der Waals surface area (Å²) in [6.45, 7) is 0.682. The lowest BCUT2D eigenvalue weighted by Crippen LogP contribution is -2.51. The summed E-state index contributed by atoms with van der Waals surface area (Å²) in [5, 5.41) is 15.1. The van der Waals surface area contributed by atoms with Gasteiger partial charge in [-0.15, -0.1) is 0 Å². The van der Waals surface area contributed by atoms with Crippen LogP contribution in [0.1, 0.15) is 30.4 Å². The Labute approximate surface area is 123 Å². The molecule has 1 fully saturated rings. The van der Waals surface area contributed by atoms with Gasteiger partial charge in [-0.1, -0.05) is 24.3 Å². The van der Waals surface area contributed by atoms with Gasteiger partial charge in [0.15, 0.2) is 0 Å². The molecule has 2 atom stereocenters. The minimum absolute atomic E-state index is 0.0136. The molecule has 1 unspecified atom stereocenters. The van der Waals surface area contributed by atoms with Crippen LogP contribution >= 0.6 is 0 Å². The van der Waals surface area contributed by atoms with E-state index in [-0.39, 0.29) is 24.4 Å². The van der Waals surface area contributed by atoms with E-state index in [1.165, 1.54) is 11.1 Å². The predicted octanol–water partition coefficient (Wildman–Crippen LogP) is 1.07. The van der Waals surface area contributed by atoms with Crippen LogP contribution in [0.2, 0.25) is 0 Å². The molecule has 0 saturated heterocycles. The van der Waals surface area contributed by atoms with Gasteiger partial charge in [0, 0.05) is 12.6 Å². The highest BCUT2D eigenvalue weighted by molar-refractivity contribution is 5.83. The van der Waals surface area contributed by atoms with Crippen molar-refractivity contribution >= 4 is 11.9 Å². The van der Waals surface area contributed by atoms with Crippen LogP contribution in [0.4, 0.5) is 0 Å². The molecule has 21 heavy (non-hydrogen) atoms. The maximum atomic E-state index is 12.4. The van der Waals surface area contributed by atoms with E-state index >= 15 is 0 Å². The molecule has 1 aromatic carbocycles. The summed E-state index contributed by atoms with van der Waals surface area (Å²) in [4.78, 5) is 23.3. The van der Waals surface area contributed by atoms with Gasteiger partial charge in [-0.3, -0.25) is 9.59 Å². The normalized spacial score (nSPS) is 22.2. The number of rotatable bonds is 5. The number of hydrogen-bond acceptors (Lipinski definition) is 3. The Balaban J connectivity index is 1.62. The molecule has 0 spiro atoms. The summed E-state index contributed by atoms with van der Waals surface area (Å²) >= 11 is 0. The molecule has 1 saturated carbocycles. The van der Waals surface area contributed by atoms with Crippen molar-refractivity contribution in [3.05, 3.63) is 35.4 Å². The van der Waals surface area contributed by atoms with Crippen LogP contribution in [0.5, 0.6) is 0 Å². The number of nitrogens with one attached hydrogen (secondary N) is 2. The molecular formula is C16H20N2O3. The highest BCUT2D eigenvalue weighted by Gasteiger charge is 2.35. The van der Waals surface area contributed by atoms with Gasteiger partial charge < -0.3 is 15.7 Å². The molecule has 0 aromatic heterocycles. The molecule has 3 rings (SSSR count). The maximum Gasteiger partial charge on any atom is 0.305 e. The van der Waals surface area contributed by atoms with Crippen molar-refractivity contribution < 1.29 is 14.7 Å². The van der Waals surface area contributed by atoms with E-state index in [0.717, 1.165) is 12.8 Å². The molecule has 0 radical (unpaired) electrons. The maximum absolute atomic E-state index is 12.4. The fourth-order valence-corrected chi connectivity index (χ4v) is 2.95. The number of fused-ring (bicyclic) bond motifs is 1. The zero-order chi connectivity index (χ0) is 14.8. The summed E-state index contributed by atoms with van der Waals surface area (Å²) in [5.41, 5.74) is 2.42. The lowest BCUT2D eigenvalue weighted by molar-refractivity contribution is -0.138. The number of carbonyl (C=O) groups is 2. The second-order valence-electron chi connectivity index (χ2n) is 5.96. The molecule has 1 heterocycles. The van der Waals surface area contributed by atoms with Crippen LogP contribution in [0.3, 0.4) is 0 Å². The van der Waals surface area contributed by atoms with Crippen LogP contribution in [0.15, 0.2) is 24.3 Å². The Morgan fingerprint density at radius 1 is 1.29 bits per heavy atom. The van der Waals surface area contributed by atoms with Crippen molar-refractivity contribution in [3.8, 4) is 0 Å². The second-order valence-corrected chi connectivity index (χ2v) is 5.96. The summed E-state index contributed by atoms with van der Waals surface area (Å²) < 4.78 is 0. The first-order chi connectivity index (χ1) is 10.1. The molecule has 1 amide bonds. The fourth-order valence-electron chi connectivity index (χ4n) is 2.95. The minimum Gasteiger partial charge on any atom is -0.481 e. The van der Waals surface area contributed by atoms with Gasteiger partial charge in [0.2, 0.25) is 5.91 Å². The SMILES string of the molecule is O=C(O)CC(NC(=O)[C@@H]1Cc2ccccc2CN1)C1CC1. The Bertz CT molecular complexity index is 554. The largest absolute Gasteiger partial charge is 0.481 e. The summed E-state index contributed by atoms with van der Waals surface area (Å²) in [6.07, 6.45) is 2.70. The topological polar surface area (TPSA) is 78.4 Å². The van der Waals surface area contributed by atoms with Crippen molar-refractivity contribution in [2.24, 2.45) is 5.92 Å². The fraction of sp³-hybridized carbons (Fsp3) is 0.500. The molecule has 112 valence electrons. The Hall–Kier alpha value is -1.88. The van der Waals surface area contributed by atoms with Crippen LogP contribution in [-0.4, -0.2) is 29.1 Å². The second kappa shape index (κ2) is 5.85. The van der Waals surface area contributed by atoms with E-state index in [1.807, 2.05) is 18.2 Å². The number of carbonyl (C=O) groups excluding carboxylic acids is 1. The average Bonchev–Trinajstić information content (AvgIpc) is 3.30. The van der Waals surface area contributed by atoms with Crippen molar-refractivity contribution in [2.75, 3.05) is 0 Å². The molecule has 5 heteroatoms. The minimum atomic E-state index is -0.853. The van der Waals surface area contributed by atoms with Gasteiger partial charge in [-0.2, -0.15) is 0 Å². The van der Waals surface area contributed by atoms with Gasteiger partial charge in [-0.05, 0) is 36.3 Å². The molecule has 1 aromatic rings. The quantitative estimate of drug-likeness (QED) is 0.757. The first-order valence-corrected chi connectivity index (χ1v) is 7.46. The third kappa shape index (κ3) is 3.42. The lowest BCUT2D eigenvalue weighted by atomic mass is 9.95. The third-order valence-corrected chi connectivity index (χ3v) is 4.31. The average molecular weight is 288 g/mol. The van der Waals surface area contributed by atoms with E-state index in [4.69, 9.17) is 5.11 Å². The van der Waals surface area contributed by atoms with Crippen LogP contribution in [0.25, 0.3) is 0 Å². The van der Waals surface area contributed by atoms with E-state index in [1.54, 1.807) is 0 Å². The van der Waals surface area contributed by atoms with Crippen molar-refractivity contribution in [2.45, 2.75) is 44.3 Å². The molecule has 2 aliphatic rings. The van der Waals surface area contributed by atoms with E-state index < -0.39 is 5.97 Å². The zero-order valence-electron chi connectivity index (χ0n) is 11.8. The molecule has 1 aliphatic carbocycles. The van der Waals surface area contributed by atoms with Gasteiger partial charge in [0.05, 0.1) is 12.5 Å². The molecule has 1 aliphatic heterocycles. The summed E-state index contributed by atoms with van der Waals surface area (Å²) in [7, 11) is 0. The van der Waals surface area contributed by atoms with E-state index in [2.05, 4.69) is 16.7 Å². The van der Waals surface area contributed by atoms with Crippen molar-refractivity contribution in [1.82, 2.24) is 10.6 Å². The number of carboxylic acids is 1. The van der Waals surface area contributed by atoms with Crippen molar-refractivity contribution in [1.29, 1.82) is 0 Å². The van der Waals surface area contributed by atoms with Gasteiger partial charge in [0.25, 0.3) is 0 Å². The third-order valence-electron chi connectivity index (χ3n) is 4.31. The monoisotopic (exact) mass is 288 g/mol. The Morgan fingerprint density at radius 3 is 2.67 bits per heavy atom. The highest BCUT2D eigenvalue weighted by Crippen LogP contribution is 2.34. The van der Waals surface area contributed by atoms with Gasteiger partial charge in [0.1, 0.15) is 0 Å². The van der Waals surface area contributed by atoms with Crippen LogP contribution in [-0.2, 0) is 22.6 Å². The highest BCUT2D eigenvalue weighted by atomic mass is 16.4. The van der Waals surface area contributed by atoms with Gasteiger partial charge in [-0.25, -0.2) is 0 Å². The van der Waals surface area contributed by atoms with Crippen molar-refractivity contribution in [3.63, 3.8) is 0 Å². The molecule has 3 N–H and O–H groups in total. The number of carboxylic acid groups (broad SMARTS) is 1. The molecular weight excluding hydrogens is 268 g/mol. The Kier molecular flexibility index (Phi) is 3.92. The first-order valence-electron chi connectivity index (χ1n) is 7.46. The smallest absolute Gasteiger partial charge is 0.305 e. The van der Waals surface area contributed by atoms with E-state index in [0.29, 0.717) is 18.9 Å². The molecule has 0 bridgehead atoms. The number of amides is 1. The van der Waals surface area contributed by atoms with E-state index in [9.17, 15) is 9.59 Å². The van der Waals surface area contributed by atoms with Gasteiger partial charge >= 0.3 is 5.97 Å². The number of hydrogen-bond donors (Lipinski definition) is 3.